The van der Waals surface area contributed by atoms with Gasteiger partial charge in [0.1, 0.15) is 54.9 Å². The summed E-state index contributed by atoms with van der Waals surface area (Å²) in [6, 6.07) is 0. The summed E-state index contributed by atoms with van der Waals surface area (Å²) in [4.78, 5) is 13.1. The molecule has 0 aliphatic carbocycles. The molecule has 414 valence electrons. The number of carbonyl (C=O) groups is 1. The van der Waals surface area contributed by atoms with Gasteiger partial charge in [-0.3, -0.25) is 4.79 Å². The molecule has 0 bridgehead atoms. The average Bonchev–Trinajstić information content (AvgIpc) is 3.37. The van der Waals surface area contributed by atoms with Gasteiger partial charge in [-0.15, -0.1) is 0 Å². The Morgan fingerprint density at radius 3 is 1.35 bits per heavy atom. The normalized spacial score (nSPS) is 25.6. The van der Waals surface area contributed by atoms with Gasteiger partial charge in [-0.25, -0.2) is 0 Å². The Morgan fingerprint density at radius 1 is 0.465 bits per heavy atom. The number of aliphatic hydroxyl groups is 7. The quantitative estimate of drug-likeness (QED) is 0.0172. The zero-order valence-corrected chi connectivity index (χ0v) is 44.2. The van der Waals surface area contributed by atoms with E-state index in [2.05, 4.69) is 62.5 Å². The van der Waals surface area contributed by atoms with E-state index in [1.807, 2.05) is 0 Å². The molecule has 2 rings (SSSR count). The Kier molecular flexibility index (Phi) is 40.6. The van der Waals surface area contributed by atoms with Crippen molar-refractivity contribution in [3.63, 3.8) is 0 Å². The first-order valence-electron chi connectivity index (χ1n) is 28.2. The highest BCUT2D eigenvalue weighted by Gasteiger charge is 2.47. The van der Waals surface area contributed by atoms with E-state index in [0.29, 0.717) is 13.0 Å². The SMILES string of the molecule is CCCCCC/C=C\C/C=C\CCCCCCCCCCOCC(COC1OC(COC2OC(CO)C(O)C(O)C2O)C(O)C(O)C1O)OC(=O)CCCCCCCCC/C=C\C/C=C\CCCCCC. The molecule has 0 aromatic heterocycles. The number of ether oxygens (including phenoxy) is 6. The van der Waals surface area contributed by atoms with E-state index < -0.39 is 80.7 Å². The molecule has 11 unspecified atom stereocenters. The number of carbonyl (C=O) groups excluding carboxylic acids is 1. The second-order valence-corrected chi connectivity index (χ2v) is 19.8. The van der Waals surface area contributed by atoms with Crippen LogP contribution in [0, 0.1) is 0 Å². The molecule has 2 aliphatic rings. The maximum atomic E-state index is 13.1. The van der Waals surface area contributed by atoms with Crippen LogP contribution in [0.15, 0.2) is 48.6 Å². The van der Waals surface area contributed by atoms with Crippen LogP contribution in [0.4, 0.5) is 0 Å². The number of rotatable bonds is 45. The Hall–Kier alpha value is -2.05. The first-order chi connectivity index (χ1) is 34.6. The molecule has 0 saturated carbocycles. The van der Waals surface area contributed by atoms with E-state index in [0.717, 1.165) is 64.2 Å². The lowest BCUT2D eigenvalue weighted by molar-refractivity contribution is -0.332. The zero-order valence-electron chi connectivity index (χ0n) is 44.2. The summed E-state index contributed by atoms with van der Waals surface area (Å²) in [5.41, 5.74) is 0. The molecular weight excluding hydrogens is 909 g/mol. The van der Waals surface area contributed by atoms with E-state index in [-0.39, 0.29) is 25.6 Å². The van der Waals surface area contributed by atoms with Crippen LogP contribution in [0.25, 0.3) is 0 Å². The molecule has 7 N–H and O–H groups in total. The van der Waals surface area contributed by atoms with Crippen LogP contribution < -0.4 is 0 Å². The third-order valence-electron chi connectivity index (χ3n) is 13.3. The Labute approximate surface area is 429 Å². The monoisotopic (exact) mass is 1010 g/mol. The average molecular weight is 1010 g/mol. The highest BCUT2D eigenvalue weighted by molar-refractivity contribution is 5.69. The van der Waals surface area contributed by atoms with Crippen LogP contribution >= 0.6 is 0 Å². The first kappa shape index (κ1) is 65.1. The zero-order chi connectivity index (χ0) is 51.6. The van der Waals surface area contributed by atoms with Gasteiger partial charge in [-0.2, -0.15) is 0 Å². The molecule has 2 fully saturated rings. The van der Waals surface area contributed by atoms with E-state index in [1.165, 1.54) is 116 Å². The second-order valence-electron chi connectivity index (χ2n) is 19.8. The summed E-state index contributed by atoms with van der Waals surface area (Å²) in [6.45, 7) is 3.64. The highest BCUT2D eigenvalue weighted by atomic mass is 16.7. The van der Waals surface area contributed by atoms with Crippen molar-refractivity contribution in [2.45, 2.75) is 274 Å². The first-order valence-corrected chi connectivity index (χ1v) is 28.2. The molecule has 0 spiro atoms. The lowest BCUT2D eigenvalue weighted by Crippen LogP contribution is -2.61. The molecule has 0 aromatic carbocycles. The Morgan fingerprint density at radius 2 is 0.873 bits per heavy atom. The van der Waals surface area contributed by atoms with Crippen LogP contribution in [0.3, 0.4) is 0 Å². The molecule has 14 nitrogen and oxygen atoms in total. The van der Waals surface area contributed by atoms with Gasteiger partial charge >= 0.3 is 5.97 Å². The topological polar surface area (TPSA) is 214 Å². The molecule has 2 aliphatic heterocycles. The van der Waals surface area contributed by atoms with E-state index in [1.54, 1.807) is 0 Å². The molecule has 2 heterocycles. The molecule has 2 saturated heterocycles. The van der Waals surface area contributed by atoms with Gasteiger partial charge in [-0.05, 0) is 77.0 Å². The minimum atomic E-state index is -1.71. The van der Waals surface area contributed by atoms with E-state index >= 15 is 0 Å². The van der Waals surface area contributed by atoms with Gasteiger partial charge in [0.15, 0.2) is 12.6 Å². The molecule has 71 heavy (non-hydrogen) atoms. The minimum absolute atomic E-state index is 0.0537. The molecule has 0 amide bonds. The van der Waals surface area contributed by atoms with Crippen molar-refractivity contribution < 1.29 is 69.0 Å². The lowest BCUT2D eigenvalue weighted by atomic mass is 9.98. The molecule has 14 heteroatoms. The van der Waals surface area contributed by atoms with Gasteiger partial charge in [-0.1, -0.05) is 172 Å². The summed E-state index contributed by atoms with van der Waals surface area (Å²) in [5, 5.41) is 72.3. The summed E-state index contributed by atoms with van der Waals surface area (Å²) in [6.07, 6.45) is 35.9. The smallest absolute Gasteiger partial charge is 0.306 e. The molecule has 11 atom stereocenters. The van der Waals surface area contributed by atoms with Crippen molar-refractivity contribution in [2.24, 2.45) is 0 Å². The third kappa shape index (κ3) is 31.4. The fourth-order valence-electron chi connectivity index (χ4n) is 8.70. The largest absolute Gasteiger partial charge is 0.457 e. The van der Waals surface area contributed by atoms with E-state index in [9.17, 15) is 40.5 Å². The van der Waals surface area contributed by atoms with Crippen LogP contribution in [0.5, 0.6) is 0 Å². The van der Waals surface area contributed by atoms with Crippen LogP contribution in [0.2, 0.25) is 0 Å². The van der Waals surface area contributed by atoms with Crippen molar-refractivity contribution in [2.75, 3.05) is 33.0 Å². The Balaban J connectivity index is 1.74. The van der Waals surface area contributed by atoms with Gasteiger partial charge in [0, 0.05) is 13.0 Å². The molecule has 0 radical (unpaired) electrons. The number of esters is 1. The number of aliphatic hydroxyl groups excluding tert-OH is 7. The van der Waals surface area contributed by atoms with Crippen molar-refractivity contribution in [1.29, 1.82) is 0 Å². The maximum Gasteiger partial charge on any atom is 0.306 e. The van der Waals surface area contributed by atoms with Gasteiger partial charge < -0.3 is 64.2 Å². The number of unbranched alkanes of at least 4 members (excludes halogenated alkanes) is 23. The summed E-state index contributed by atoms with van der Waals surface area (Å²) < 4.78 is 34.4. The van der Waals surface area contributed by atoms with Gasteiger partial charge in [0.25, 0.3) is 0 Å². The fraction of sp³-hybridized carbons (Fsp3) is 0.842. The standard InChI is InChI=1S/C57H102O14/c1-3-5-7-9-11-13-15-17-19-21-23-25-27-29-31-33-35-37-39-41-66-43-46(69-49(59)40-38-36-34-32-30-28-26-24-22-20-18-16-14-12-10-8-6-4-2)44-67-56-55(65)53(63)51(61)48(71-56)45-68-57-54(64)52(62)50(60)47(42-58)70-57/h13-16,19-22,46-48,50-58,60-65H,3-12,17-18,23-45H2,1-2H3/b15-13-,16-14-,21-19-,22-20-. The highest BCUT2D eigenvalue weighted by Crippen LogP contribution is 2.26. The number of hydrogen-bond donors (Lipinski definition) is 7. The van der Waals surface area contributed by atoms with E-state index in [4.69, 9.17) is 28.4 Å². The Bertz CT molecular complexity index is 1360. The fourth-order valence-corrected chi connectivity index (χ4v) is 8.70. The summed E-state index contributed by atoms with van der Waals surface area (Å²) in [5.74, 6) is -0.386. The van der Waals surface area contributed by atoms with Crippen molar-refractivity contribution in [1.82, 2.24) is 0 Å². The van der Waals surface area contributed by atoms with Crippen molar-refractivity contribution in [3.05, 3.63) is 48.6 Å². The van der Waals surface area contributed by atoms with Crippen molar-refractivity contribution >= 4 is 5.97 Å². The molecule has 0 aromatic rings. The van der Waals surface area contributed by atoms with Gasteiger partial charge in [0.2, 0.25) is 0 Å². The third-order valence-corrected chi connectivity index (χ3v) is 13.3. The summed E-state index contributed by atoms with van der Waals surface area (Å²) >= 11 is 0. The predicted molar refractivity (Wildman–Crippen MR) is 279 cm³/mol. The summed E-state index contributed by atoms with van der Waals surface area (Å²) in [7, 11) is 0. The van der Waals surface area contributed by atoms with Crippen LogP contribution in [-0.2, 0) is 33.2 Å². The van der Waals surface area contributed by atoms with Crippen molar-refractivity contribution in [3.8, 4) is 0 Å². The number of hydrogen-bond acceptors (Lipinski definition) is 14. The number of allylic oxidation sites excluding steroid dienone is 8. The minimum Gasteiger partial charge on any atom is -0.457 e. The maximum absolute atomic E-state index is 13.1. The lowest BCUT2D eigenvalue weighted by Gasteiger charge is -2.42. The van der Waals surface area contributed by atoms with Crippen LogP contribution in [-0.4, -0.2) is 142 Å². The molecular formula is C57H102O14. The van der Waals surface area contributed by atoms with Gasteiger partial charge in [0.05, 0.1) is 26.4 Å². The predicted octanol–water partition coefficient (Wildman–Crippen LogP) is 9.52. The second kappa shape index (κ2) is 44.3. The van der Waals surface area contributed by atoms with Crippen LogP contribution in [0.1, 0.15) is 206 Å².